The van der Waals surface area contributed by atoms with Gasteiger partial charge in [0, 0.05) is 5.56 Å². The second-order valence-electron chi connectivity index (χ2n) is 5.91. The number of alkyl halides is 2. The van der Waals surface area contributed by atoms with Crippen LogP contribution in [-0.2, 0) is 19.6 Å². The zero-order chi connectivity index (χ0) is 23.7. The predicted octanol–water partition coefficient (Wildman–Crippen LogP) is 1.31. The molecule has 0 heterocycles. The van der Waals surface area contributed by atoms with Crippen molar-refractivity contribution in [1.29, 1.82) is 0 Å². The predicted molar refractivity (Wildman–Crippen MR) is 106 cm³/mol. The third-order valence-electron chi connectivity index (χ3n) is 3.69. The number of carbonyl (C=O) groups is 3. The smallest absolute Gasteiger partial charge is 0.387 e. The first-order valence-electron chi connectivity index (χ1n) is 8.72. The van der Waals surface area contributed by atoms with Gasteiger partial charge in [-0.3, -0.25) is 14.9 Å². The number of hydrogen-bond donors (Lipinski definition) is 2. The molecule has 0 saturated heterocycles. The lowest BCUT2D eigenvalue weighted by Crippen LogP contribution is -2.34. The third-order valence-corrected chi connectivity index (χ3v) is 5.11. The van der Waals surface area contributed by atoms with Crippen molar-refractivity contribution in [3.63, 3.8) is 0 Å². The Hall–Kier alpha value is -3.82. The van der Waals surface area contributed by atoms with Crippen LogP contribution in [0.5, 0.6) is 5.75 Å². The van der Waals surface area contributed by atoms with Crippen molar-refractivity contribution in [2.75, 3.05) is 13.2 Å². The normalized spacial score (nSPS) is 10.8. The number of halogens is 2. The van der Waals surface area contributed by atoms with Gasteiger partial charge in [0.1, 0.15) is 5.75 Å². The number of hydrogen-bond acceptors (Lipinski definition) is 7. The summed E-state index contributed by atoms with van der Waals surface area (Å²) in [6.45, 7) is -4.01. The van der Waals surface area contributed by atoms with Crippen molar-refractivity contribution in [3.8, 4) is 18.1 Å². The number of amides is 2. The molecule has 0 radical (unpaired) electrons. The van der Waals surface area contributed by atoms with Gasteiger partial charge in [0.25, 0.3) is 11.8 Å². The number of benzene rings is 2. The summed E-state index contributed by atoms with van der Waals surface area (Å²) in [6.07, 6.45) is 5.00. The van der Waals surface area contributed by atoms with Gasteiger partial charge >= 0.3 is 12.6 Å². The Kier molecular flexibility index (Phi) is 8.39. The monoisotopic (exact) mass is 466 g/mol. The number of imide groups is 1. The molecule has 0 spiro atoms. The molecule has 0 aromatic heterocycles. The summed E-state index contributed by atoms with van der Waals surface area (Å²) in [4.78, 5) is 35.7. The highest BCUT2D eigenvalue weighted by molar-refractivity contribution is 7.89. The van der Waals surface area contributed by atoms with Crippen LogP contribution in [0.2, 0.25) is 0 Å². The number of nitrogens with one attached hydrogen (secondary N) is 2. The summed E-state index contributed by atoms with van der Waals surface area (Å²) in [7, 11) is -3.83. The molecule has 2 aromatic rings. The molecule has 32 heavy (non-hydrogen) atoms. The van der Waals surface area contributed by atoms with E-state index >= 15 is 0 Å². The highest BCUT2D eigenvalue weighted by atomic mass is 32.2. The molecule has 2 aromatic carbocycles. The Labute approximate surface area is 181 Å². The Morgan fingerprint density at radius 2 is 1.59 bits per heavy atom. The van der Waals surface area contributed by atoms with Gasteiger partial charge in [0.2, 0.25) is 10.0 Å². The van der Waals surface area contributed by atoms with E-state index in [-0.39, 0.29) is 28.3 Å². The number of esters is 1. The van der Waals surface area contributed by atoms with Crippen LogP contribution in [0.25, 0.3) is 0 Å². The first-order chi connectivity index (χ1) is 15.1. The zero-order valence-electron chi connectivity index (χ0n) is 16.2. The molecule has 0 aliphatic rings. The van der Waals surface area contributed by atoms with Crippen molar-refractivity contribution < 1.29 is 41.1 Å². The van der Waals surface area contributed by atoms with Crippen LogP contribution in [0.4, 0.5) is 8.78 Å². The molecule has 168 valence electrons. The fourth-order valence-corrected chi connectivity index (χ4v) is 3.16. The maximum atomic E-state index is 12.1. The van der Waals surface area contributed by atoms with Gasteiger partial charge in [0.15, 0.2) is 6.61 Å². The molecule has 0 saturated carbocycles. The van der Waals surface area contributed by atoms with E-state index in [0.29, 0.717) is 0 Å². The number of rotatable bonds is 9. The van der Waals surface area contributed by atoms with E-state index in [1.807, 2.05) is 5.32 Å². The lowest BCUT2D eigenvalue weighted by atomic mass is 10.2. The van der Waals surface area contributed by atoms with Gasteiger partial charge in [0.05, 0.1) is 17.0 Å². The largest absolute Gasteiger partial charge is 0.452 e. The topological polar surface area (TPSA) is 128 Å². The first kappa shape index (κ1) is 24.4. The Morgan fingerprint density at radius 1 is 1.00 bits per heavy atom. The summed E-state index contributed by atoms with van der Waals surface area (Å²) < 4.78 is 59.2. The van der Waals surface area contributed by atoms with Crippen molar-refractivity contribution in [3.05, 3.63) is 59.7 Å². The minimum Gasteiger partial charge on any atom is -0.452 e. The molecule has 9 nitrogen and oxygen atoms in total. The van der Waals surface area contributed by atoms with E-state index < -0.39 is 41.0 Å². The van der Waals surface area contributed by atoms with Crippen LogP contribution in [0.15, 0.2) is 53.4 Å². The standard InChI is InChI=1S/C20H16F2N2O7S/c1-2-11-23-32(28,29)16-9-5-14(6-10-16)19(27)30-12-17(25)24-18(26)13-3-7-15(8-4-13)31-20(21)22/h1,3-10,20,23H,11-12H2,(H,24,25,26). The molecule has 0 unspecified atom stereocenters. The number of carbonyl (C=O) groups excluding carboxylic acids is 3. The molecule has 0 aliphatic heterocycles. The molecular formula is C20H16F2N2O7S. The van der Waals surface area contributed by atoms with Crippen LogP contribution in [0.1, 0.15) is 20.7 Å². The summed E-state index contributed by atoms with van der Waals surface area (Å²) in [5.74, 6) is -0.749. The van der Waals surface area contributed by atoms with E-state index in [2.05, 4.69) is 15.4 Å². The molecule has 2 rings (SSSR count). The highest BCUT2D eigenvalue weighted by Crippen LogP contribution is 2.15. The van der Waals surface area contributed by atoms with Crippen LogP contribution < -0.4 is 14.8 Å². The summed E-state index contributed by atoms with van der Waals surface area (Å²) in [5, 5.41) is 1.96. The lowest BCUT2D eigenvalue weighted by Gasteiger charge is -2.08. The van der Waals surface area contributed by atoms with E-state index in [9.17, 15) is 31.6 Å². The van der Waals surface area contributed by atoms with E-state index in [1.165, 1.54) is 24.3 Å². The van der Waals surface area contributed by atoms with Gasteiger partial charge in [-0.25, -0.2) is 13.2 Å². The molecule has 0 fully saturated rings. The maximum Gasteiger partial charge on any atom is 0.387 e. The third kappa shape index (κ3) is 7.15. The van der Waals surface area contributed by atoms with Crippen LogP contribution in [-0.4, -0.2) is 46.0 Å². The van der Waals surface area contributed by atoms with Gasteiger partial charge < -0.3 is 9.47 Å². The second kappa shape index (κ2) is 11.0. The minimum atomic E-state index is -3.83. The molecule has 0 bridgehead atoms. The van der Waals surface area contributed by atoms with Crippen LogP contribution >= 0.6 is 0 Å². The molecule has 0 atom stereocenters. The number of terminal acetylenes is 1. The van der Waals surface area contributed by atoms with Crippen LogP contribution in [0, 0.1) is 12.3 Å². The second-order valence-corrected chi connectivity index (χ2v) is 7.68. The summed E-state index contributed by atoms with van der Waals surface area (Å²) in [5.41, 5.74) is -0.0452. The Morgan fingerprint density at radius 3 is 2.16 bits per heavy atom. The van der Waals surface area contributed by atoms with E-state index in [0.717, 1.165) is 24.3 Å². The van der Waals surface area contributed by atoms with Crippen molar-refractivity contribution >= 4 is 27.8 Å². The quantitative estimate of drug-likeness (QED) is 0.421. The minimum absolute atomic E-state index is 0.0125. The number of sulfonamides is 1. The average molecular weight is 466 g/mol. The van der Waals surface area contributed by atoms with Gasteiger partial charge in [-0.1, -0.05) is 5.92 Å². The first-order valence-corrected chi connectivity index (χ1v) is 10.2. The van der Waals surface area contributed by atoms with E-state index in [4.69, 9.17) is 11.2 Å². The highest BCUT2D eigenvalue weighted by Gasteiger charge is 2.17. The Balaban J connectivity index is 1.88. The molecule has 2 amide bonds. The fourth-order valence-electron chi connectivity index (χ4n) is 2.23. The fraction of sp³-hybridized carbons (Fsp3) is 0.150. The van der Waals surface area contributed by atoms with Crippen molar-refractivity contribution in [1.82, 2.24) is 10.0 Å². The molecule has 12 heteroatoms. The van der Waals surface area contributed by atoms with Gasteiger partial charge in [-0.15, -0.1) is 6.42 Å². The lowest BCUT2D eigenvalue weighted by molar-refractivity contribution is -0.123. The van der Waals surface area contributed by atoms with Gasteiger partial charge in [-0.2, -0.15) is 13.5 Å². The SMILES string of the molecule is C#CCNS(=O)(=O)c1ccc(C(=O)OCC(=O)NC(=O)c2ccc(OC(F)F)cc2)cc1. The summed E-state index contributed by atoms with van der Waals surface area (Å²) in [6, 6.07) is 9.24. The van der Waals surface area contributed by atoms with Gasteiger partial charge in [-0.05, 0) is 48.5 Å². The Bertz CT molecular complexity index is 1130. The van der Waals surface area contributed by atoms with E-state index in [1.54, 1.807) is 0 Å². The number of ether oxygens (including phenoxy) is 2. The maximum absolute atomic E-state index is 12.1. The van der Waals surface area contributed by atoms with Crippen LogP contribution in [0.3, 0.4) is 0 Å². The molecular weight excluding hydrogens is 450 g/mol. The summed E-state index contributed by atoms with van der Waals surface area (Å²) >= 11 is 0. The zero-order valence-corrected chi connectivity index (χ0v) is 17.0. The van der Waals surface area contributed by atoms with Crippen molar-refractivity contribution in [2.24, 2.45) is 0 Å². The average Bonchev–Trinajstić information content (AvgIpc) is 2.76. The molecule has 0 aliphatic carbocycles. The van der Waals surface area contributed by atoms with Crippen molar-refractivity contribution in [2.45, 2.75) is 11.5 Å². The molecule has 2 N–H and O–H groups in total.